The smallest absolute Gasteiger partial charge is 0.380 e. The standard InChI is InChI=1S/C14H20N2O8S/c1-2-23-12(21)8(18)7-5-15-13(25-7)16-11-9(19)10(20)14(22,3-4-17)6-24-11/h5,9-11,17,19-20,22H,2-4,6H2,1H3,(H,15,16). The second kappa shape index (κ2) is 8.17. The molecule has 0 bridgehead atoms. The Morgan fingerprint density at radius 2 is 2.24 bits per heavy atom. The highest BCUT2D eigenvalue weighted by Crippen LogP contribution is 2.29. The number of carbonyl (C=O) groups is 2. The molecule has 1 saturated heterocycles. The van der Waals surface area contributed by atoms with Gasteiger partial charge < -0.3 is 35.2 Å². The van der Waals surface area contributed by atoms with Crippen molar-refractivity contribution in [2.45, 2.75) is 37.4 Å². The number of thiazole rings is 1. The fourth-order valence-electron chi connectivity index (χ4n) is 2.31. The van der Waals surface area contributed by atoms with E-state index in [9.17, 15) is 24.9 Å². The molecule has 4 unspecified atom stereocenters. The van der Waals surface area contributed by atoms with Crippen LogP contribution >= 0.6 is 11.3 Å². The Kier molecular flexibility index (Phi) is 6.43. The van der Waals surface area contributed by atoms with Crippen molar-refractivity contribution in [3.05, 3.63) is 11.1 Å². The Hall–Kier alpha value is -1.63. The molecule has 25 heavy (non-hydrogen) atoms. The van der Waals surface area contributed by atoms with E-state index in [1.807, 2.05) is 0 Å². The van der Waals surface area contributed by atoms with Crippen molar-refractivity contribution in [1.82, 2.24) is 4.98 Å². The summed E-state index contributed by atoms with van der Waals surface area (Å²) in [6.45, 7) is 0.956. The van der Waals surface area contributed by atoms with Crippen LogP contribution in [0.5, 0.6) is 0 Å². The summed E-state index contributed by atoms with van der Waals surface area (Å²) in [5.74, 6) is -1.83. The van der Waals surface area contributed by atoms with Gasteiger partial charge in [-0.05, 0) is 6.92 Å². The van der Waals surface area contributed by atoms with Crippen molar-refractivity contribution in [2.75, 3.05) is 25.1 Å². The van der Waals surface area contributed by atoms with Gasteiger partial charge in [-0.25, -0.2) is 9.78 Å². The van der Waals surface area contributed by atoms with Gasteiger partial charge in [-0.3, -0.25) is 4.79 Å². The number of Topliss-reactive ketones (excluding diaryl/α,β-unsaturated/α-hetero) is 1. The molecule has 2 heterocycles. The summed E-state index contributed by atoms with van der Waals surface area (Å²) in [6.07, 6.45) is -3.12. The Bertz CT molecular complexity index is 624. The minimum atomic E-state index is -1.76. The molecule has 0 saturated carbocycles. The van der Waals surface area contributed by atoms with Crippen LogP contribution in [-0.4, -0.2) is 81.0 Å². The lowest BCUT2D eigenvalue weighted by molar-refractivity contribution is -0.232. The van der Waals surface area contributed by atoms with Gasteiger partial charge in [0.2, 0.25) is 0 Å². The lowest BCUT2D eigenvalue weighted by atomic mass is 9.87. The zero-order chi connectivity index (χ0) is 18.6. The minimum absolute atomic E-state index is 0.0450. The average Bonchev–Trinajstić information content (AvgIpc) is 3.04. The van der Waals surface area contributed by atoms with Crippen LogP contribution in [0, 0.1) is 0 Å². The van der Waals surface area contributed by atoms with E-state index in [-0.39, 0.29) is 36.3 Å². The fraction of sp³-hybridized carbons (Fsp3) is 0.643. The van der Waals surface area contributed by atoms with Crippen LogP contribution in [0.2, 0.25) is 0 Å². The van der Waals surface area contributed by atoms with E-state index < -0.39 is 35.8 Å². The molecule has 1 aliphatic heterocycles. The first-order chi connectivity index (χ1) is 11.8. The average molecular weight is 376 g/mol. The molecule has 4 atom stereocenters. The van der Waals surface area contributed by atoms with Crippen molar-refractivity contribution >= 4 is 28.2 Å². The first-order valence-electron chi connectivity index (χ1n) is 7.57. The Balaban J connectivity index is 2.02. The molecule has 11 heteroatoms. The number of ketones is 1. The number of esters is 1. The highest BCUT2D eigenvalue weighted by molar-refractivity contribution is 7.18. The predicted octanol–water partition coefficient (Wildman–Crippen LogP) is -1.51. The van der Waals surface area contributed by atoms with Gasteiger partial charge in [-0.1, -0.05) is 11.3 Å². The molecule has 1 aromatic heterocycles. The summed E-state index contributed by atoms with van der Waals surface area (Å²) in [5.41, 5.74) is -1.76. The van der Waals surface area contributed by atoms with E-state index in [1.165, 1.54) is 6.20 Å². The number of rotatable bonds is 7. The Morgan fingerprint density at radius 3 is 2.88 bits per heavy atom. The molecule has 5 N–H and O–H groups in total. The molecule has 1 aromatic rings. The topological polar surface area (TPSA) is 158 Å². The van der Waals surface area contributed by atoms with Gasteiger partial charge in [-0.2, -0.15) is 0 Å². The van der Waals surface area contributed by atoms with Crippen molar-refractivity contribution < 1.29 is 39.5 Å². The zero-order valence-corrected chi connectivity index (χ0v) is 14.2. The van der Waals surface area contributed by atoms with E-state index in [0.29, 0.717) is 0 Å². The van der Waals surface area contributed by atoms with Crippen LogP contribution in [-0.2, 0) is 14.3 Å². The molecular weight excluding hydrogens is 356 g/mol. The van der Waals surface area contributed by atoms with Crippen molar-refractivity contribution in [3.8, 4) is 0 Å². The quantitative estimate of drug-likeness (QED) is 0.215. The van der Waals surface area contributed by atoms with Crippen LogP contribution in [0.25, 0.3) is 0 Å². The van der Waals surface area contributed by atoms with Crippen LogP contribution < -0.4 is 5.32 Å². The second-order valence-electron chi connectivity index (χ2n) is 5.47. The molecule has 2 rings (SSSR count). The van der Waals surface area contributed by atoms with Crippen molar-refractivity contribution in [3.63, 3.8) is 0 Å². The predicted molar refractivity (Wildman–Crippen MR) is 85.1 cm³/mol. The number of aliphatic hydroxyl groups excluding tert-OH is 3. The van der Waals surface area contributed by atoms with Crippen LogP contribution in [0.1, 0.15) is 23.0 Å². The van der Waals surface area contributed by atoms with Crippen LogP contribution in [0.3, 0.4) is 0 Å². The molecule has 0 aromatic carbocycles. The molecule has 0 spiro atoms. The van der Waals surface area contributed by atoms with E-state index in [0.717, 1.165) is 11.3 Å². The molecule has 140 valence electrons. The number of carbonyl (C=O) groups excluding carboxylic acids is 2. The number of hydrogen-bond donors (Lipinski definition) is 5. The van der Waals surface area contributed by atoms with Gasteiger partial charge in [0, 0.05) is 13.0 Å². The van der Waals surface area contributed by atoms with E-state index in [2.05, 4.69) is 15.0 Å². The third kappa shape index (κ3) is 4.32. The van der Waals surface area contributed by atoms with Gasteiger partial charge in [0.1, 0.15) is 22.7 Å². The van der Waals surface area contributed by atoms with Gasteiger partial charge >= 0.3 is 5.97 Å². The van der Waals surface area contributed by atoms with E-state index >= 15 is 0 Å². The normalized spacial score (nSPS) is 29.2. The Labute approximate surface area is 147 Å². The first-order valence-corrected chi connectivity index (χ1v) is 8.39. The van der Waals surface area contributed by atoms with Crippen LogP contribution in [0.15, 0.2) is 6.20 Å². The molecule has 0 radical (unpaired) electrons. The monoisotopic (exact) mass is 376 g/mol. The highest BCUT2D eigenvalue weighted by Gasteiger charge is 2.48. The number of aliphatic hydroxyl groups is 4. The summed E-state index contributed by atoms with van der Waals surface area (Å²) >= 11 is 0.854. The molecule has 1 fully saturated rings. The lowest BCUT2D eigenvalue weighted by Gasteiger charge is -2.43. The Morgan fingerprint density at radius 1 is 1.52 bits per heavy atom. The number of nitrogens with zero attached hydrogens (tertiary/aromatic N) is 1. The maximum absolute atomic E-state index is 11.8. The lowest BCUT2D eigenvalue weighted by Crippen LogP contribution is -2.63. The third-order valence-electron chi connectivity index (χ3n) is 3.70. The van der Waals surface area contributed by atoms with Gasteiger partial charge in [-0.15, -0.1) is 0 Å². The van der Waals surface area contributed by atoms with Gasteiger partial charge in [0.05, 0.1) is 19.4 Å². The fourth-order valence-corrected chi connectivity index (χ4v) is 3.08. The summed E-state index contributed by atoms with van der Waals surface area (Å²) in [4.78, 5) is 27.2. The van der Waals surface area contributed by atoms with E-state index in [4.69, 9.17) is 9.84 Å². The summed E-state index contributed by atoms with van der Waals surface area (Å²) in [7, 11) is 0. The van der Waals surface area contributed by atoms with Gasteiger partial charge in [0.15, 0.2) is 11.4 Å². The molecule has 10 nitrogen and oxygen atoms in total. The van der Waals surface area contributed by atoms with Crippen LogP contribution in [0.4, 0.5) is 5.13 Å². The van der Waals surface area contributed by atoms with Gasteiger partial charge in [0.25, 0.3) is 5.78 Å². The van der Waals surface area contributed by atoms with Crippen molar-refractivity contribution in [2.24, 2.45) is 0 Å². The first kappa shape index (κ1) is 19.7. The molecule has 1 aliphatic rings. The second-order valence-corrected chi connectivity index (χ2v) is 6.50. The maximum Gasteiger partial charge on any atom is 0.380 e. The summed E-state index contributed by atoms with van der Waals surface area (Å²) in [6, 6.07) is 0. The van der Waals surface area contributed by atoms with E-state index in [1.54, 1.807) is 6.92 Å². The zero-order valence-electron chi connectivity index (χ0n) is 13.4. The number of nitrogens with one attached hydrogen (secondary N) is 1. The maximum atomic E-state index is 11.8. The third-order valence-corrected chi connectivity index (χ3v) is 4.63. The number of anilines is 1. The minimum Gasteiger partial charge on any atom is -0.460 e. The number of hydrogen-bond acceptors (Lipinski definition) is 11. The number of ether oxygens (including phenoxy) is 2. The molecule has 0 aliphatic carbocycles. The molecular formula is C14H20N2O8S. The van der Waals surface area contributed by atoms with Crippen molar-refractivity contribution in [1.29, 1.82) is 0 Å². The number of aromatic nitrogens is 1. The molecule has 0 amide bonds. The summed E-state index contributed by atoms with van der Waals surface area (Å²) < 4.78 is 9.91. The largest absolute Gasteiger partial charge is 0.460 e. The summed E-state index contributed by atoms with van der Waals surface area (Å²) in [5, 5.41) is 42.1. The highest BCUT2D eigenvalue weighted by atomic mass is 32.1. The SMILES string of the molecule is CCOC(=O)C(=O)c1cnc(NC2OCC(O)(CCO)C(O)C2O)s1.